The lowest BCUT2D eigenvalue weighted by atomic mass is 10.2. The van der Waals surface area contributed by atoms with Gasteiger partial charge in [-0.2, -0.15) is 0 Å². The molecule has 4 heterocycles. The van der Waals surface area contributed by atoms with Gasteiger partial charge in [-0.25, -0.2) is 9.97 Å². The number of nitrogens with one attached hydrogen (secondary N) is 1. The summed E-state index contributed by atoms with van der Waals surface area (Å²) in [6.45, 7) is 5.68. The molecule has 4 rings (SSSR count). The summed E-state index contributed by atoms with van der Waals surface area (Å²) in [5, 5.41) is 6.72. The fourth-order valence-electron chi connectivity index (χ4n) is 3.14. The maximum Gasteiger partial charge on any atom is 0.277 e. The van der Waals surface area contributed by atoms with Crippen molar-refractivity contribution < 1.29 is 9.32 Å². The van der Waals surface area contributed by atoms with Crippen molar-refractivity contribution in [2.24, 2.45) is 0 Å². The molecule has 0 aliphatic carbocycles. The van der Waals surface area contributed by atoms with Gasteiger partial charge < -0.3 is 14.7 Å². The number of rotatable bonds is 4. The Hall–Kier alpha value is -3.29. The molecule has 1 saturated heterocycles. The molecule has 3 aromatic heterocycles. The van der Waals surface area contributed by atoms with Gasteiger partial charge >= 0.3 is 0 Å². The number of aryl methyl sites for hydroxylation is 2. The number of aromatic nitrogens is 4. The van der Waals surface area contributed by atoms with Crippen molar-refractivity contribution >= 4 is 17.5 Å². The molecule has 1 aliphatic rings. The molecular formula is C19H20N6O2. The zero-order valence-electron chi connectivity index (χ0n) is 15.3. The van der Waals surface area contributed by atoms with Gasteiger partial charge in [0.15, 0.2) is 11.5 Å². The molecular weight excluding hydrogens is 344 g/mol. The van der Waals surface area contributed by atoms with Gasteiger partial charge in [-0.3, -0.25) is 9.78 Å². The van der Waals surface area contributed by atoms with Gasteiger partial charge in [0.05, 0.1) is 17.1 Å². The van der Waals surface area contributed by atoms with Gasteiger partial charge in [-0.15, -0.1) is 0 Å². The number of carbonyl (C=O) groups is 1. The number of carbonyl (C=O) groups excluding carboxylic acids is 1. The molecule has 0 radical (unpaired) electrons. The first-order valence-electron chi connectivity index (χ1n) is 8.90. The average Bonchev–Trinajstić information content (AvgIpc) is 3.37. The normalized spacial score (nSPS) is 13.8. The van der Waals surface area contributed by atoms with Crippen LogP contribution in [-0.2, 0) is 0 Å². The smallest absolute Gasteiger partial charge is 0.277 e. The third-order valence-corrected chi connectivity index (χ3v) is 4.58. The summed E-state index contributed by atoms with van der Waals surface area (Å²) in [7, 11) is 0. The molecule has 0 spiro atoms. The first kappa shape index (κ1) is 17.1. The van der Waals surface area contributed by atoms with Crippen LogP contribution in [0.3, 0.4) is 0 Å². The molecule has 0 aromatic carbocycles. The summed E-state index contributed by atoms with van der Waals surface area (Å²) in [6, 6.07) is 5.23. The minimum atomic E-state index is -0.363. The van der Waals surface area contributed by atoms with E-state index in [4.69, 9.17) is 4.52 Å². The second-order valence-corrected chi connectivity index (χ2v) is 6.54. The van der Waals surface area contributed by atoms with Crippen LogP contribution < -0.4 is 10.2 Å². The van der Waals surface area contributed by atoms with E-state index in [2.05, 4.69) is 30.3 Å². The summed E-state index contributed by atoms with van der Waals surface area (Å²) < 4.78 is 5.27. The first-order chi connectivity index (χ1) is 13.1. The van der Waals surface area contributed by atoms with Crippen molar-refractivity contribution in [2.45, 2.75) is 26.7 Å². The molecule has 0 saturated carbocycles. The number of hydrogen-bond donors (Lipinski definition) is 1. The zero-order valence-corrected chi connectivity index (χ0v) is 15.3. The highest BCUT2D eigenvalue weighted by Gasteiger charge is 2.20. The Kier molecular flexibility index (Phi) is 4.53. The minimum absolute atomic E-state index is 0.191. The Morgan fingerprint density at radius 3 is 2.59 bits per heavy atom. The van der Waals surface area contributed by atoms with Crippen LogP contribution in [0.15, 0.2) is 35.1 Å². The maximum absolute atomic E-state index is 12.6. The van der Waals surface area contributed by atoms with E-state index in [1.807, 2.05) is 19.9 Å². The third kappa shape index (κ3) is 3.51. The second-order valence-electron chi connectivity index (χ2n) is 6.54. The van der Waals surface area contributed by atoms with Crippen LogP contribution in [0.25, 0.3) is 11.3 Å². The number of pyridine rings is 1. The van der Waals surface area contributed by atoms with E-state index in [9.17, 15) is 4.79 Å². The molecule has 0 bridgehead atoms. The van der Waals surface area contributed by atoms with Gasteiger partial charge in [-0.1, -0.05) is 5.16 Å². The van der Waals surface area contributed by atoms with Crippen molar-refractivity contribution in [1.29, 1.82) is 0 Å². The highest BCUT2D eigenvalue weighted by atomic mass is 16.5. The summed E-state index contributed by atoms with van der Waals surface area (Å²) in [4.78, 5) is 27.9. The number of nitrogens with zero attached hydrogens (tertiary/aromatic N) is 5. The fourth-order valence-corrected chi connectivity index (χ4v) is 3.14. The summed E-state index contributed by atoms with van der Waals surface area (Å²) in [5.74, 6) is 0.848. The maximum atomic E-state index is 12.6. The summed E-state index contributed by atoms with van der Waals surface area (Å²) >= 11 is 0. The summed E-state index contributed by atoms with van der Waals surface area (Å²) in [5.41, 5.74) is 3.02. The Labute approximate surface area is 156 Å². The van der Waals surface area contributed by atoms with Gasteiger partial charge in [0.1, 0.15) is 0 Å². The van der Waals surface area contributed by atoms with Crippen LogP contribution in [0.4, 0.5) is 11.6 Å². The predicted octanol–water partition coefficient (Wildman–Crippen LogP) is 3.00. The van der Waals surface area contributed by atoms with Crippen molar-refractivity contribution in [1.82, 2.24) is 20.1 Å². The predicted molar refractivity (Wildman–Crippen MR) is 101 cm³/mol. The van der Waals surface area contributed by atoms with Gasteiger partial charge in [0.2, 0.25) is 5.95 Å². The van der Waals surface area contributed by atoms with E-state index < -0.39 is 0 Å². The number of amides is 1. The van der Waals surface area contributed by atoms with E-state index in [-0.39, 0.29) is 11.6 Å². The summed E-state index contributed by atoms with van der Waals surface area (Å²) in [6.07, 6.45) is 5.64. The lowest BCUT2D eigenvalue weighted by molar-refractivity contribution is 0.101. The molecule has 0 unspecified atom stereocenters. The second kappa shape index (κ2) is 7.14. The van der Waals surface area contributed by atoms with Crippen molar-refractivity contribution in [3.63, 3.8) is 0 Å². The van der Waals surface area contributed by atoms with E-state index in [0.717, 1.165) is 48.8 Å². The Morgan fingerprint density at radius 1 is 1.19 bits per heavy atom. The van der Waals surface area contributed by atoms with Crippen molar-refractivity contribution in [3.8, 4) is 11.3 Å². The van der Waals surface area contributed by atoms with Crippen molar-refractivity contribution in [3.05, 3.63) is 47.7 Å². The van der Waals surface area contributed by atoms with E-state index >= 15 is 0 Å². The van der Waals surface area contributed by atoms with Crippen LogP contribution in [0.5, 0.6) is 0 Å². The van der Waals surface area contributed by atoms with Crippen LogP contribution in [0, 0.1) is 13.8 Å². The first-order valence-corrected chi connectivity index (χ1v) is 8.90. The van der Waals surface area contributed by atoms with Gasteiger partial charge in [-0.05, 0) is 38.8 Å². The lowest BCUT2D eigenvalue weighted by Gasteiger charge is -2.18. The molecule has 8 heteroatoms. The third-order valence-electron chi connectivity index (χ3n) is 4.58. The Morgan fingerprint density at radius 2 is 1.93 bits per heavy atom. The topological polar surface area (TPSA) is 97.0 Å². The molecule has 0 atom stereocenters. The molecule has 3 aromatic rings. The van der Waals surface area contributed by atoms with Crippen LogP contribution in [-0.4, -0.2) is 39.1 Å². The SMILES string of the molecule is Cc1nc(N2CCCC2)nc(C)c1NC(=O)c1cc(-c2cccnc2)on1. The molecule has 1 N–H and O–H groups in total. The highest BCUT2D eigenvalue weighted by molar-refractivity contribution is 6.03. The highest BCUT2D eigenvalue weighted by Crippen LogP contribution is 2.24. The average molecular weight is 364 g/mol. The molecule has 1 fully saturated rings. The molecule has 1 aliphatic heterocycles. The minimum Gasteiger partial charge on any atom is -0.355 e. The molecule has 27 heavy (non-hydrogen) atoms. The fraction of sp³-hybridized carbons (Fsp3) is 0.316. The lowest BCUT2D eigenvalue weighted by Crippen LogP contribution is -2.22. The Bertz CT molecular complexity index is 940. The molecule has 1 amide bonds. The van der Waals surface area contributed by atoms with Crippen molar-refractivity contribution in [2.75, 3.05) is 23.3 Å². The van der Waals surface area contributed by atoms with Crippen LogP contribution >= 0.6 is 0 Å². The van der Waals surface area contributed by atoms with Gasteiger partial charge in [0, 0.05) is 37.1 Å². The quantitative estimate of drug-likeness (QED) is 0.760. The molecule has 138 valence electrons. The van der Waals surface area contributed by atoms with E-state index in [1.54, 1.807) is 24.5 Å². The van der Waals surface area contributed by atoms with Gasteiger partial charge in [0.25, 0.3) is 5.91 Å². The molecule has 8 nitrogen and oxygen atoms in total. The monoisotopic (exact) mass is 364 g/mol. The number of anilines is 2. The Balaban J connectivity index is 1.54. The largest absolute Gasteiger partial charge is 0.355 e. The standard InChI is InChI=1S/C19H20N6O2/c1-12-17(13(2)22-19(21-12)25-8-3-4-9-25)23-18(26)15-10-16(27-24-15)14-6-5-7-20-11-14/h5-7,10-11H,3-4,8-9H2,1-2H3,(H,23,26). The van der Waals surface area contributed by atoms with Crippen LogP contribution in [0.2, 0.25) is 0 Å². The number of hydrogen-bond acceptors (Lipinski definition) is 7. The van der Waals surface area contributed by atoms with Crippen LogP contribution in [0.1, 0.15) is 34.7 Å². The zero-order chi connectivity index (χ0) is 18.8. The van der Waals surface area contributed by atoms with E-state index in [0.29, 0.717) is 11.4 Å². The van der Waals surface area contributed by atoms with E-state index in [1.165, 1.54) is 0 Å².